The van der Waals surface area contributed by atoms with Gasteiger partial charge in [0.1, 0.15) is 12.1 Å². The number of carbonyl (C=O) groups excluding carboxylic acids is 2. The molecule has 0 aliphatic heterocycles. The van der Waals surface area contributed by atoms with Crippen molar-refractivity contribution in [2.24, 2.45) is 0 Å². The number of nitrogens with zero attached hydrogens (tertiary/aromatic N) is 1. The molecule has 1 aromatic carbocycles. The summed E-state index contributed by atoms with van der Waals surface area (Å²) in [4.78, 5) is 24.7. The lowest BCUT2D eigenvalue weighted by Crippen LogP contribution is -2.49. The highest BCUT2D eigenvalue weighted by Crippen LogP contribution is 2.16. The van der Waals surface area contributed by atoms with E-state index < -0.39 is 24.0 Å². The monoisotopic (exact) mass is 311 g/mol. The first-order valence-corrected chi connectivity index (χ1v) is 6.98. The Balaban J connectivity index is 2.38. The lowest BCUT2D eigenvalue weighted by molar-refractivity contribution is -0.130. The fourth-order valence-electron chi connectivity index (χ4n) is 1.73. The molecule has 2 N–H and O–H groups in total. The van der Waals surface area contributed by atoms with Gasteiger partial charge in [-0.2, -0.15) is 0 Å². The van der Waals surface area contributed by atoms with Crippen LogP contribution >= 0.6 is 0 Å². The van der Waals surface area contributed by atoms with Crippen LogP contribution in [-0.2, 0) is 4.79 Å². The van der Waals surface area contributed by atoms with E-state index in [0.29, 0.717) is 0 Å². The van der Waals surface area contributed by atoms with Crippen LogP contribution in [0.4, 0.5) is 9.18 Å². The van der Waals surface area contributed by atoms with Crippen molar-refractivity contribution in [2.45, 2.75) is 26.0 Å². The number of likely N-dealkylation sites (N-methyl/N-ethyl adjacent to an activating group) is 1. The minimum Gasteiger partial charge on any atom is -0.486 e. The van der Waals surface area contributed by atoms with Gasteiger partial charge in [-0.25, -0.2) is 9.18 Å². The highest BCUT2D eigenvalue weighted by atomic mass is 19.1. The zero-order chi connectivity index (χ0) is 16.7. The van der Waals surface area contributed by atoms with E-state index in [-0.39, 0.29) is 18.2 Å². The molecule has 0 saturated carbocycles. The SMILES string of the molecule is C[C@H](NC(=O)NC[C@H](C)Oc1ccccc1F)C(=O)N(C)C. The number of rotatable bonds is 6. The summed E-state index contributed by atoms with van der Waals surface area (Å²) in [5, 5.41) is 5.10. The van der Waals surface area contributed by atoms with Gasteiger partial charge in [0.15, 0.2) is 11.6 Å². The number of hydrogen-bond acceptors (Lipinski definition) is 3. The van der Waals surface area contributed by atoms with Gasteiger partial charge in [0, 0.05) is 14.1 Å². The van der Waals surface area contributed by atoms with E-state index in [4.69, 9.17) is 4.74 Å². The standard InChI is InChI=1S/C15H22FN3O3/c1-10(22-13-8-6-5-7-12(13)16)9-17-15(21)18-11(2)14(20)19(3)4/h5-8,10-11H,9H2,1-4H3,(H2,17,18,21)/t10-,11-/m0/s1. The average Bonchev–Trinajstić information content (AvgIpc) is 2.46. The van der Waals surface area contributed by atoms with Crippen molar-refractivity contribution in [3.8, 4) is 5.75 Å². The van der Waals surface area contributed by atoms with E-state index in [1.165, 1.54) is 17.0 Å². The Morgan fingerprint density at radius 2 is 1.91 bits per heavy atom. The average molecular weight is 311 g/mol. The third kappa shape index (κ3) is 5.59. The minimum atomic E-state index is -0.627. The van der Waals surface area contributed by atoms with Gasteiger partial charge < -0.3 is 20.3 Å². The molecule has 3 amide bonds. The Morgan fingerprint density at radius 1 is 1.27 bits per heavy atom. The molecule has 7 heteroatoms. The van der Waals surface area contributed by atoms with Crippen LogP contribution < -0.4 is 15.4 Å². The van der Waals surface area contributed by atoms with Crippen molar-refractivity contribution in [3.63, 3.8) is 0 Å². The minimum absolute atomic E-state index is 0.133. The topological polar surface area (TPSA) is 70.7 Å². The third-order valence-corrected chi connectivity index (χ3v) is 2.87. The molecule has 6 nitrogen and oxygen atoms in total. The van der Waals surface area contributed by atoms with Crippen LogP contribution in [0.25, 0.3) is 0 Å². The van der Waals surface area contributed by atoms with Crippen LogP contribution in [0.5, 0.6) is 5.75 Å². The van der Waals surface area contributed by atoms with Crippen molar-refractivity contribution in [3.05, 3.63) is 30.1 Å². The van der Waals surface area contributed by atoms with E-state index >= 15 is 0 Å². The molecule has 0 heterocycles. The molecule has 0 aliphatic carbocycles. The largest absolute Gasteiger partial charge is 0.486 e. The molecule has 2 atom stereocenters. The number of urea groups is 1. The molecule has 0 radical (unpaired) electrons. The van der Waals surface area contributed by atoms with Crippen LogP contribution in [0.1, 0.15) is 13.8 Å². The number of carbonyl (C=O) groups is 2. The maximum atomic E-state index is 13.4. The van der Waals surface area contributed by atoms with Crippen LogP contribution in [0, 0.1) is 5.82 Å². The van der Waals surface area contributed by atoms with Crippen molar-refractivity contribution in [1.82, 2.24) is 15.5 Å². The van der Waals surface area contributed by atoms with Crippen molar-refractivity contribution in [2.75, 3.05) is 20.6 Å². The molecule has 0 bridgehead atoms. The van der Waals surface area contributed by atoms with E-state index in [2.05, 4.69) is 10.6 Å². The lowest BCUT2D eigenvalue weighted by Gasteiger charge is -2.19. The predicted octanol–water partition coefficient (Wildman–Crippen LogP) is 1.37. The maximum Gasteiger partial charge on any atom is 0.315 e. The second-order valence-electron chi connectivity index (χ2n) is 5.17. The number of ether oxygens (including phenoxy) is 1. The van der Waals surface area contributed by atoms with E-state index in [1.54, 1.807) is 40.1 Å². The molecule has 0 aromatic heterocycles. The number of para-hydroxylation sites is 1. The van der Waals surface area contributed by atoms with Gasteiger partial charge in [-0.05, 0) is 26.0 Å². The first kappa shape index (κ1) is 17.7. The third-order valence-electron chi connectivity index (χ3n) is 2.87. The zero-order valence-corrected chi connectivity index (χ0v) is 13.2. The Labute approximate surface area is 129 Å². The van der Waals surface area contributed by atoms with Crippen molar-refractivity contribution < 1.29 is 18.7 Å². The van der Waals surface area contributed by atoms with Gasteiger partial charge in [-0.3, -0.25) is 4.79 Å². The zero-order valence-electron chi connectivity index (χ0n) is 13.2. The Hall–Kier alpha value is -2.31. The summed E-state index contributed by atoms with van der Waals surface area (Å²) in [7, 11) is 3.23. The summed E-state index contributed by atoms with van der Waals surface area (Å²) in [5.74, 6) is -0.525. The fraction of sp³-hybridized carbons (Fsp3) is 0.467. The molecule has 0 saturated heterocycles. The van der Waals surface area contributed by atoms with Gasteiger partial charge in [-0.1, -0.05) is 12.1 Å². The molecule has 22 heavy (non-hydrogen) atoms. The molecular weight excluding hydrogens is 289 g/mol. The lowest BCUT2D eigenvalue weighted by atomic mass is 10.3. The first-order chi connectivity index (χ1) is 10.3. The number of amides is 3. The van der Waals surface area contributed by atoms with E-state index in [1.807, 2.05) is 0 Å². The molecule has 122 valence electrons. The molecule has 1 rings (SSSR count). The number of benzene rings is 1. The second kappa shape index (κ2) is 8.21. The highest BCUT2D eigenvalue weighted by molar-refractivity contribution is 5.86. The Bertz CT molecular complexity index is 523. The second-order valence-corrected chi connectivity index (χ2v) is 5.17. The summed E-state index contributed by atoms with van der Waals surface area (Å²) in [6.07, 6.45) is -0.414. The highest BCUT2D eigenvalue weighted by Gasteiger charge is 2.17. The quantitative estimate of drug-likeness (QED) is 0.833. The number of nitrogens with one attached hydrogen (secondary N) is 2. The number of hydrogen-bond donors (Lipinski definition) is 2. The normalized spacial score (nSPS) is 13.0. The summed E-state index contributed by atoms with van der Waals surface area (Å²) in [5.41, 5.74) is 0. The van der Waals surface area contributed by atoms with Crippen molar-refractivity contribution in [1.29, 1.82) is 0 Å². The van der Waals surface area contributed by atoms with Gasteiger partial charge >= 0.3 is 6.03 Å². The Kier molecular flexibility index (Phi) is 6.62. The Morgan fingerprint density at radius 3 is 2.50 bits per heavy atom. The van der Waals surface area contributed by atoms with Gasteiger partial charge in [0.05, 0.1) is 6.54 Å². The van der Waals surface area contributed by atoms with E-state index in [9.17, 15) is 14.0 Å². The van der Waals surface area contributed by atoms with Crippen molar-refractivity contribution >= 4 is 11.9 Å². The van der Waals surface area contributed by atoms with Gasteiger partial charge in [0.2, 0.25) is 5.91 Å². The number of halogens is 1. The summed E-state index contributed by atoms with van der Waals surface area (Å²) >= 11 is 0. The van der Waals surface area contributed by atoms with Crippen LogP contribution in [-0.4, -0.2) is 49.6 Å². The van der Waals surface area contributed by atoms with Gasteiger partial charge in [0.25, 0.3) is 0 Å². The molecule has 0 spiro atoms. The summed E-state index contributed by atoms with van der Waals surface area (Å²) in [6.45, 7) is 3.49. The molecule has 0 fully saturated rings. The molecule has 0 unspecified atom stereocenters. The van der Waals surface area contributed by atoms with Gasteiger partial charge in [-0.15, -0.1) is 0 Å². The van der Waals surface area contributed by atoms with Crippen LogP contribution in [0.3, 0.4) is 0 Å². The summed E-state index contributed by atoms with van der Waals surface area (Å²) in [6, 6.07) is 4.95. The predicted molar refractivity (Wildman–Crippen MR) is 81.2 cm³/mol. The summed E-state index contributed by atoms with van der Waals surface area (Å²) < 4.78 is 18.8. The molecule has 0 aliphatic rings. The first-order valence-electron chi connectivity index (χ1n) is 6.98. The maximum absolute atomic E-state index is 13.4. The van der Waals surface area contributed by atoms with E-state index in [0.717, 1.165) is 0 Å². The molecule has 1 aromatic rings. The smallest absolute Gasteiger partial charge is 0.315 e. The van der Waals surface area contributed by atoms with Crippen LogP contribution in [0.2, 0.25) is 0 Å². The van der Waals surface area contributed by atoms with Crippen LogP contribution in [0.15, 0.2) is 24.3 Å². The fourth-order valence-corrected chi connectivity index (χ4v) is 1.73. The molecular formula is C15H22FN3O3.